The van der Waals surface area contributed by atoms with Gasteiger partial charge in [0.25, 0.3) is 0 Å². The van der Waals surface area contributed by atoms with E-state index >= 15 is 0 Å². The average Bonchev–Trinajstić information content (AvgIpc) is 2.94. The first-order chi connectivity index (χ1) is 8.77. The molecular weight excluding hydrogens is 268 g/mol. The Morgan fingerprint density at radius 1 is 1.53 bits per heavy atom. The normalized spacial score (nSPS) is 17.6. The minimum atomic E-state index is -3.64. The van der Waals surface area contributed by atoms with E-state index in [1.807, 2.05) is 0 Å². The number of aromatic carboxylic acids is 1. The molecule has 0 aromatic carbocycles. The number of H-pyrrole nitrogens is 1. The maximum Gasteiger partial charge on any atom is 0.352 e. The molecule has 0 bridgehead atoms. The minimum Gasteiger partial charge on any atom is -0.477 e. The Morgan fingerprint density at radius 3 is 2.58 bits per heavy atom. The van der Waals surface area contributed by atoms with Crippen molar-refractivity contribution in [3.63, 3.8) is 0 Å². The Morgan fingerprint density at radius 2 is 2.16 bits per heavy atom. The molecule has 0 saturated heterocycles. The summed E-state index contributed by atoms with van der Waals surface area (Å²) in [6.45, 7) is 4.57. The van der Waals surface area contributed by atoms with E-state index in [0.717, 1.165) is 18.9 Å². The van der Waals surface area contributed by atoms with Gasteiger partial charge >= 0.3 is 5.97 Å². The Hall–Kier alpha value is -1.34. The van der Waals surface area contributed by atoms with Crippen LogP contribution in [0, 0.1) is 11.3 Å². The molecule has 19 heavy (non-hydrogen) atoms. The maximum atomic E-state index is 12.0. The van der Waals surface area contributed by atoms with Crippen LogP contribution in [0.1, 0.15) is 37.2 Å². The number of aromatic nitrogens is 1. The lowest BCUT2D eigenvalue weighted by molar-refractivity contribution is 0.0691. The zero-order valence-corrected chi connectivity index (χ0v) is 11.8. The number of carboxylic acid groups (broad SMARTS) is 1. The van der Waals surface area contributed by atoms with Crippen LogP contribution in [-0.2, 0) is 10.0 Å². The molecule has 0 aliphatic heterocycles. The molecule has 6 nitrogen and oxygen atoms in total. The predicted molar refractivity (Wildman–Crippen MR) is 69.4 cm³/mol. The highest BCUT2D eigenvalue weighted by Crippen LogP contribution is 2.51. The van der Waals surface area contributed by atoms with Crippen LogP contribution in [0.5, 0.6) is 0 Å². The van der Waals surface area contributed by atoms with Crippen molar-refractivity contribution in [3.05, 3.63) is 18.0 Å². The van der Waals surface area contributed by atoms with Gasteiger partial charge in [0.2, 0.25) is 10.0 Å². The van der Waals surface area contributed by atoms with Crippen molar-refractivity contribution in [1.29, 1.82) is 0 Å². The van der Waals surface area contributed by atoms with Gasteiger partial charge in [-0.25, -0.2) is 17.9 Å². The van der Waals surface area contributed by atoms with Crippen molar-refractivity contribution < 1.29 is 18.3 Å². The molecule has 1 aliphatic rings. The highest BCUT2D eigenvalue weighted by atomic mass is 32.2. The maximum absolute atomic E-state index is 12.0. The molecule has 2 rings (SSSR count). The van der Waals surface area contributed by atoms with E-state index in [-0.39, 0.29) is 16.0 Å². The number of hydrogen-bond donors (Lipinski definition) is 3. The summed E-state index contributed by atoms with van der Waals surface area (Å²) in [5, 5.41) is 8.76. The molecule has 1 heterocycles. The van der Waals surface area contributed by atoms with E-state index < -0.39 is 16.0 Å². The number of rotatable bonds is 6. The van der Waals surface area contributed by atoms with Crippen LogP contribution < -0.4 is 4.72 Å². The summed E-state index contributed by atoms with van der Waals surface area (Å²) in [4.78, 5) is 13.1. The predicted octanol–water partition coefficient (Wildman–Crippen LogP) is 1.43. The Kier molecular flexibility index (Phi) is 3.44. The third-order valence-corrected chi connectivity index (χ3v) is 5.31. The van der Waals surface area contributed by atoms with Gasteiger partial charge in [-0.05, 0) is 30.2 Å². The van der Waals surface area contributed by atoms with Gasteiger partial charge in [-0.1, -0.05) is 13.8 Å². The third-order valence-electron chi connectivity index (χ3n) is 3.93. The van der Waals surface area contributed by atoms with Gasteiger partial charge in [0.1, 0.15) is 10.6 Å². The van der Waals surface area contributed by atoms with Gasteiger partial charge < -0.3 is 10.1 Å². The fourth-order valence-corrected chi connectivity index (χ4v) is 3.23. The van der Waals surface area contributed by atoms with Crippen LogP contribution in [0.15, 0.2) is 17.2 Å². The summed E-state index contributed by atoms with van der Waals surface area (Å²) in [5.41, 5.74) is -0.0655. The van der Waals surface area contributed by atoms with Crippen LogP contribution in [0.3, 0.4) is 0 Å². The number of carboxylic acids is 1. The first kappa shape index (κ1) is 14.1. The van der Waals surface area contributed by atoms with Crippen molar-refractivity contribution >= 4 is 16.0 Å². The van der Waals surface area contributed by atoms with Crippen molar-refractivity contribution in [2.45, 2.75) is 31.6 Å². The molecule has 106 valence electrons. The van der Waals surface area contributed by atoms with Gasteiger partial charge in [0.15, 0.2) is 0 Å². The first-order valence-corrected chi connectivity index (χ1v) is 7.66. The fourth-order valence-electron chi connectivity index (χ4n) is 2.09. The van der Waals surface area contributed by atoms with Crippen LogP contribution in [0.4, 0.5) is 0 Å². The smallest absolute Gasteiger partial charge is 0.352 e. The lowest BCUT2D eigenvalue weighted by Crippen LogP contribution is -2.32. The van der Waals surface area contributed by atoms with Crippen LogP contribution >= 0.6 is 0 Å². The number of aromatic amines is 1. The van der Waals surface area contributed by atoms with Gasteiger partial charge in [-0.15, -0.1) is 0 Å². The molecule has 7 heteroatoms. The molecule has 0 atom stereocenters. The summed E-state index contributed by atoms with van der Waals surface area (Å²) in [7, 11) is -3.64. The molecule has 1 aromatic heterocycles. The van der Waals surface area contributed by atoms with Crippen molar-refractivity contribution in [2.75, 3.05) is 6.54 Å². The summed E-state index contributed by atoms with van der Waals surface area (Å²) >= 11 is 0. The molecule has 0 unspecified atom stereocenters. The van der Waals surface area contributed by atoms with Crippen molar-refractivity contribution in [1.82, 2.24) is 9.71 Å². The van der Waals surface area contributed by atoms with E-state index in [9.17, 15) is 13.2 Å². The SMILES string of the molecule is CC(C)C1(CNS(=O)(=O)c2c[nH]c(C(=O)O)c2)CC1. The molecule has 3 N–H and O–H groups in total. The highest BCUT2D eigenvalue weighted by molar-refractivity contribution is 7.89. The van der Waals surface area contributed by atoms with Crippen molar-refractivity contribution in [3.8, 4) is 0 Å². The summed E-state index contributed by atoms with van der Waals surface area (Å²) in [5.74, 6) is -0.752. The second-order valence-electron chi connectivity index (χ2n) is 5.40. The Balaban J connectivity index is 2.08. The zero-order valence-electron chi connectivity index (χ0n) is 10.9. The fraction of sp³-hybridized carbons (Fsp3) is 0.583. The second-order valence-corrected chi connectivity index (χ2v) is 7.16. The molecule has 1 fully saturated rings. The minimum absolute atomic E-state index is 0.0375. The average molecular weight is 286 g/mol. The molecule has 1 aliphatic carbocycles. The van der Waals surface area contributed by atoms with Gasteiger partial charge in [-0.3, -0.25) is 0 Å². The number of nitrogens with one attached hydrogen (secondary N) is 2. The van der Waals surface area contributed by atoms with Crippen LogP contribution in [0.25, 0.3) is 0 Å². The standard InChI is InChI=1S/C12H18N2O4S/c1-8(2)12(3-4-12)7-14-19(17,18)9-5-10(11(15)16)13-6-9/h5-6,8,13-14H,3-4,7H2,1-2H3,(H,15,16). The largest absolute Gasteiger partial charge is 0.477 e. The van der Waals surface area contributed by atoms with Gasteiger partial charge in [0.05, 0.1) is 0 Å². The monoisotopic (exact) mass is 286 g/mol. The molecular formula is C12H18N2O4S. The Labute approximate surface area is 112 Å². The summed E-state index contributed by atoms with van der Waals surface area (Å²) in [6.07, 6.45) is 3.25. The number of sulfonamides is 1. The molecule has 0 radical (unpaired) electrons. The van der Waals surface area contributed by atoms with E-state index in [0.29, 0.717) is 12.5 Å². The third kappa shape index (κ3) is 2.82. The molecule has 0 amide bonds. The molecule has 1 saturated carbocycles. The quantitative estimate of drug-likeness (QED) is 0.736. The van der Waals surface area contributed by atoms with E-state index in [4.69, 9.17) is 5.11 Å². The first-order valence-electron chi connectivity index (χ1n) is 6.18. The van der Waals surface area contributed by atoms with Gasteiger partial charge in [-0.2, -0.15) is 0 Å². The highest BCUT2D eigenvalue weighted by Gasteiger charge is 2.45. The zero-order chi connectivity index (χ0) is 14.3. The topological polar surface area (TPSA) is 99.3 Å². The number of carbonyl (C=O) groups is 1. The van der Waals surface area contributed by atoms with E-state index in [2.05, 4.69) is 23.6 Å². The van der Waals surface area contributed by atoms with E-state index in [1.54, 1.807) is 0 Å². The second kappa shape index (κ2) is 4.64. The van der Waals surface area contributed by atoms with Crippen molar-refractivity contribution in [2.24, 2.45) is 11.3 Å². The lowest BCUT2D eigenvalue weighted by Gasteiger charge is -2.19. The lowest BCUT2D eigenvalue weighted by atomic mass is 9.93. The van der Waals surface area contributed by atoms with Crippen LogP contribution in [0.2, 0.25) is 0 Å². The van der Waals surface area contributed by atoms with Crippen LogP contribution in [-0.4, -0.2) is 31.0 Å². The van der Waals surface area contributed by atoms with Gasteiger partial charge in [0, 0.05) is 12.7 Å². The number of hydrogen-bond acceptors (Lipinski definition) is 3. The molecule has 1 aromatic rings. The summed E-state index contributed by atoms with van der Waals surface area (Å²) < 4.78 is 26.7. The summed E-state index contributed by atoms with van der Waals surface area (Å²) in [6, 6.07) is 1.12. The molecule has 0 spiro atoms. The van der Waals surface area contributed by atoms with E-state index in [1.165, 1.54) is 6.20 Å². The Bertz CT molecular complexity index is 585.